The quantitative estimate of drug-likeness (QED) is 0.529. The van der Waals surface area contributed by atoms with Gasteiger partial charge in [0.05, 0.1) is 0 Å². The molecule has 2 atom stereocenters. The number of urea groups is 1. The highest BCUT2D eigenvalue weighted by Gasteiger charge is 2.40. The Morgan fingerprint density at radius 1 is 1.58 bits per heavy atom. The molecule has 2 bridgehead atoms. The zero-order valence-corrected chi connectivity index (χ0v) is 6.62. The number of nitrogens with zero attached hydrogens (tertiary/aromatic N) is 1. The van der Waals surface area contributed by atoms with Crippen molar-refractivity contribution < 1.29 is 9.59 Å². The van der Waals surface area contributed by atoms with Crippen LogP contribution in [-0.2, 0) is 4.79 Å². The molecule has 0 saturated carbocycles. The highest BCUT2D eigenvalue weighted by molar-refractivity contribution is 5.87. The van der Waals surface area contributed by atoms with Gasteiger partial charge >= 0.3 is 6.03 Å². The molecule has 2 fully saturated rings. The largest absolute Gasteiger partial charge is 0.368 e. The maximum absolute atomic E-state index is 11.2. The van der Waals surface area contributed by atoms with Crippen molar-refractivity contribution in [1.29, 1.82) is 0 Å². The summed E-state index contributed by atoms with van der Waals surface area (Å²) in [4.78, 5) is 23.6. The van der Waals surface area contributed by atoms with Gasteiger partial charge in [-0.3, -0.25) is 4.79 Å². The first-order valence-electron chi connectivity index (χ1n) is 4.05. The Bertz CT molecular complexity index is 241. The summed E-state index contributed by atoms with van der Waals surface area (Å²) in [5, 5.41) is 2.78. The second kappa shape index (κ2) is 2.36. The van der Waals surface area contributed by atoms with Crippen LogP contribution in [0.4, 0.5) is 4.79 Å². The molecule has 2 heterocycles. The third-order valence-corrected chi connectivity index (χ3v) is 2.50. The van der Waals surface area contributed by atoms with E-state index in [1.165, 1.54) is 4.90 Å². The molecule has 5 nitrogen and oxygen atoms in total. The Hall–Kier alpha value is -1.26. The molecule has 12 heavy (non-hydrogen) atoms. The maximum Gasteiger partial charge on any atom is 0.318 e. The SMILES string of the molecule is NC(=O)[C@H]1CCC2CN1C(=O)N2. The van der Waals surface area contributed by atoms with Crippen molar-refractivity contribution in [2.24, 2.45) is 5.73 Å². The number of piperidine rings is 1. The minimum atomic E-state index is -0.398. The lowest BCUT2D eigenvalue weighted by molar-refractivity contribution is -0.122. The van der Waals surface area contributed by atoms with Crippen LogP contribution in [0, 0.1) is 0 Å². The van der Waals surface area contributed by atoms with E-state index in [-0.39, 0.29) is 18.1 Å². The summed E-state index contributed by atoms with van der Waals surface area (Å²) in [6, 6.07) is -0.307. The molecule has 0 radical (unpaired) electrons. The predicted molar refractivity (Wildman–Crippen MR) is 41.2 cm³/mol. The van der Waals surface area contributed by atoms with Crippen LogP contribution in [0.1, 0.15) is 12.8 Å². The standard InChI is InChI=1S/C7H11N3O2/c8-6(11)5-2-1-4-3-10(5)7(12)9-4/h4-5H,1-3H2,(H2,8,11)(H,9,12)/t4?,5-/m1/s1. The van der Waals surface area contributed by atoms with Gasteiger partial charge < -0.3 is 16.0 Å². The third kappa shape index (κ3) is 0.929. The highest BCUT2D eigenvalue weighted by atomic mass is 16.2. The van der Waals surface area contributed by atoms with Crippen molar-refractivity contribution in [3.63, 3.8) is 0 Å². The molecular weight excluding hydrogens is 158 g/mol. The zero-order valence-electron chi connectivity index (χ0n) is 6.62. The molecule has 0 aromatic heterocycles. The summed E-state index contributed by atoms with van der Waals surface area (Å²) in [6.45, 7) is 0.631. The number of hydrogen-bond acceptors (Lipinski definition) is 2. The average Bonchev–Trinajstić information content (AvgIpc) is 2.28. The Morgan fingerprint density at radius 3 is 3.00 bits per heavy atom. The van der Waals surface area contributed by atoms with Gasteiger partial charge in [0.2, 0.25) is 5.91 Å². The van der Waals surface area contributed by atoms with E-state index in [2.05, 4.69) is 5.32 Å². The molecule has 3 N–H and O–H groups in total. The number of nitrogens with one attached hydrogen (secondary N) is 1. The molecule has 0 aliphatic carbocycles. The fourth-order valence-electron chi connectivity index (χ4n) is 1.87. The highest BCUT2D eigenvalue weighted by Crippen LogP contribution is 2.22. The summed E-state index contributed by atoms with van der Waals surface area (Å²) in [6.07, 6.45) is 1.55. The van der Waals surface area contributed by atoms with Gasteiger partial charge in [-0.05, 0) is 12.8 Å². The van der Waals surface area contributed by atoms with Crippen LogP contribution >= 0.6 is 0 Å². The van der Waals surface area contributed by atoms with Gasteiger partial charge in [-0.2, -0.15) is 0 Å². The number of carbonyl (C=O) groups excluding carboxylic acids is 2. The number of carbonyl (C=O) groups is 2. The normalized spacial score (nSPS) is 33.3. The topological polar surface area (TPSA) is 75.4 Å². The Morgan fingerprint density at radius 2 is 2.33 bits per heavy atom. The zero-order chi connectivity index (χ0) is 8.72. The lowest BCUT2D eigenvalue weighted by Gasteiger charge is -2.27. The van der Waals surface area contributed by atoms with E-state index in [1.54, 1.807) is 0 Å². The molecule has 0 aromatic rings. The van der Waals surface area contributed by atoms with E-state index < -0.39 is 5.91 Å². The van der Waals surface area contributed by atoms with Crippen molar-refractivity contribution in [2.45, 2.75) is 24.9 Å². The van der Waals surface area contributed by atoms with Crippen LogP contribution in [0.15, 0.2) is 0 Å². The van der Waals surface area contributed by atoms with Gasteiger partial charge in [-0.25, -0.2) is 4.79 Å². The van der Waals surface area contributed by atoms with Gasteiger partial charge in [-0.1, -0.05) is 0 Å². The second-order valence-electron chi connectivity index (χ2n) is 3.29. The Labute approximate surface area is 69.9 Å². The molecule has 5 heteroatoms. The number of hydrogen-bond donors (Lipinski definition) is 2. The van der Waals surface area contributed by atoms with Crippen molar-refractivity contribution >= 4 is 11.9 Å². The van der Waals surface area contributed by atoms with Gasteiger partial charge in [0, 0.05) is 12.6 Å². The lowest BCUT2D eigenvalue weighted by atomic mass is 10.0. The molecule has 1 unspecified atom stereocenters. The number of primary amides is 1. The number of nitrogens with two attached hydrogens (primary N) is 1. The summed E-state index contributed by atoms with van der Waals surface area (Å²) >= 11 is 0. The molecule has 2 saturated heterocycles. The van der Waals surface area contributed by atoms with Crippen LogP contribution in [0.2, 0.25) is 0 Å². The fourth-order valence-corrected chi connectivity index (χ4v) is 1.87. The van der Waals surface area contributed by atoms with E-state index in [0.717, 1.165) is 6.42 Å². The number of fused-ring (bicyclic) bond motifs is 2. The van der Waals surface area contributed by atoms with Crippen molar-refractivity contribution in [2.75, 3.05) is 6.54 Å². The molecule has 0 aromatic carbocycles. The molecule has 2 rings (SSSR count). The molecule has 2 aliphatic heterocycles. The minimum Gasteiger partial charge on any atom is -0.368 e. The van der Waals surface area contributed by atoms with E-state index in [0.29, 0.717) is 13.0 Å². The van der Waals surface area contributed by atoms with Crippen LogP contribution in [0.25, 0.3) is 0 Å². The third-order valence-electron chi connectivity index (χ3n) is 2.50. The second-order valence-corrected chi connectivity index (χ2v) is 3.29. The number of amides is 3. The number of rotatable bonds is 1. The van der Waals surface area contributed by atoms with Gasteiger partial charge in [-0.15, -0.1) is 0 Å². The average molecular weight is 169 g/mol. The Balaban J connectivity index is 2.18. The van der Waals surface area contributed by atoms with E-state index in [1.807, 2.05) is 0 Å². The molecule has 66 valence electrons. The van der Waals surface area contributed by atoms with Gasteiger partial charge in [0.15, 0.2) is 0 Å². The van der Waals surface area contributed by atoms with Crippen LogP contribution in [-0.4, -0.2) is 35.5 Å². The predicted octanol–water partition coefficient (Wildman–Crippen LogP) is -0.972. The Kier molecular flexibility index (Phi) is 1.46. The first-order chi connectivity index (χ1) is 5.68. The van der Waals surface area contributed by atoms with E-state index in [4.69, 9.17) is 5.73 Å². The van der Waals surface area contributed by atoms with E-state index >= 15 is 0 Å². The molecule has 3 amide bonds. The summed E-state index contributed by atoms with van der Waals surface area (Å²) < 4.78 is 0. The van der Waals surface area contributed by atoms with Crippen LogP contribution in [0.5, 0.6) is 0 Å². The van der Waals surface area contributed by atoms with Gasteiger partial charge in [0.25, 0.3) is 0 Å². The monoisotopic (exact) mass is 169 g/mol. The molecule has 0 spiro atoms. The van der Waals surface area contributed by atoms with Crippen molar-refractivity contribution in [3.05, 3.63) is 0 Å². The van der Waals surface area contributed by atoms with Gasteiger partial charge in [0.1, 0.15) is 6.04 Å². The lowest BCUT2D eigenvalue weighted by Crippen LogP contribution is -2.47. The van der Waals surface area contributed by atoms with Crippen LogP contribution < -0.4 is 11.1 Å². The first-order valence-corrected chi connectivity index (χ1v) is 4.05. The molecular formula is C7H11N3O2. The smallest absolute Gasteiger partial charge is 0.318 e. The maximum atomic E-state index is 11.2. The molecule has 2 aliphatic rings. The fraction of sp³-hybridized carbons (Fsp3) is 0.714. The van der Waals surface area contributed by atoms with Crippen molar-refractivity contribution in [3.8, 4) is 0 Å². The minimum absolute atomic E-state index is 0.152. The van der Waals surface area contributed by atoms with Crippen molar-refractivity contribution in [1.82, 2.24) is 10.2 Å². The summed E-state index contributed by atoms with van der Waals surface area (Å²) in [7, 11) is 0. The summed E-state index contributed by atoms with van der Waals surface area (Å²) in [5.41, 5.74) is 5.15. The van der Waals surface area contributed by atoms with Crippen LogP contribution in [0.3, 0.4) is 0 Å². The summed E-state index contributed by atoms with van der Waals surface area (Å²) in [5.74, 6) is -0.398. The first kappa shape index (κ1) is 7.39. The van der Waals surface area contributed by atoms with E-state index in [9.17, 15) is 9.59 Å².